The zero-order chi connectivity index (χ0) is 9.10. The van der Waals surface area contributed by atoms with Crippen molar-refractivity contribution in [2.24, 2.45) is 0 Å². The van der Waals surface area contributed by atoms with Crippen molar-refractivity contribution in [1.82, 2.24) is 4.90 Å². The molecule has 2 aliphatic heterocycles. The molecule has 0 radical (unpaired) electrons. The highest BCUT2D eigenvalue weighted by Gasteiger charge is 2.32. The van der Waals surface area contributed by atoms with Crippen LogP contribution in [0.4, 0.5) is 0 Å². The van der Waals surface area contributed by atoms with E-state index in [-0.39, 0.29) is 0 Å². The summed E-state index contributed by atoms with van der Waals surface area (Å²) in [5.74, 6) is 0. The molecule has 0 spiro atoms. The Labute approximate surface area is 80.6 Å². The van der Waals surface area contributed by atoms with Crippen molar-refractivity contribution in [3.8, 4) is 0 Å². The van der Waals surface area contributed by atoms with Gasteiger partial charge in [0.2, 0.25) is 0 Å². The molecule has 2 heteroatoms. The molecule has 2 atom stereocenters. The van der Waals surface area contributed by atoms with E-state index in [4.69, 9.17) is 4.74 Å². The third kappa shape index (κ3) is 1.88. The fraction of sp³-hybridized carbons (Fsp3) is 0.818. The van der Waals surface area contributed by atoms with Crippen molar-refractivity contribution in [3.05, 3.63) is 12.3 Å². The minimum atomic E-state index is 0.654. The number of hydrogen-bond donors (Lipinski definition) is 0. The van der Waals surface area contributed by atoms with Gasteiger partial charge < -0.3 is 4.74 Å². The van der Waals surface area contributed by atoms with Crippen LogP contribution in [-0.4, -0.2) is 30.6 Å². The van der Waals surface area contributed by atoms with Crippen molar-refractivity contribution >= 4 is 0 Å². The minimum Gasteiger partial charge on any atom is -0.505 e. The predicted octanol–water partition coefficient (Wildman–Crippen LogP) is 2.16. The molecule has 2 fully saturated rings. The molecular weight excluding hydrogens is 162 g/mol. The SMILES string of the molecule is CO/C=C/[C@@H]1CCC[C@@H]2CCCN21. The maximum absolute atomic E-state index is 4.99. The second-order valence-electron chi connectivity index (χ2n) is 4.10. The third-order valence-corrected chi connectivity index (χ3v) is 3.32. The minimum absolute atomic E-state index is 0.654. The van der Waals surface area contributed by atoms with Crippen LogP contribution in [0.2, 0.25) is 0 Å². The summed E-state index contributed by atoms with van der Waals surface area (Å²) in [4.78, 5) is 2.65. The molecule has 2 heterocycles. The molecule has 2 aliphatic rings. The van der Waals surface area contributed by atoms with Crippen LogP contribution >= 0.6 is 0 Å². The molecule has 0 aromatic heterocycles. The van der Waals surface area contributed by atoms with Gasteiger partial charge in [-0.15, -0.1) is 0 Å². The van der Waals surface area contributed by atoms with E-state index in [9.17, 15) is 0 Å². The topological polar surface area (TPSA) is 12.5 Å². The van der Waals surface area contributed by atoms with Gasteiger partial charge in [0.1, 0.15) is 0 Å². The molecule has 0 bridgehead atoms. The van der Waals surface area contributed by atoms with Gasteiger partial charge in [0.25, 0.3) is 0 Å². The standard InChI is InChI=1S/C11H19NO/c1-13-9-7-11-5-2-4-10-6-3-8-12(10)11/h7,9-11H,2-6,8H2,1H3/b9-7+/t10-,11+/m1/s1. The lowest BCUT2D eigenvalue weighted by Gasteiger charge is -2.35. The van der Waals surface area contributed by atoms with E-state index in [0.717, 1.165) is 6.04 Å². The van der Waals surface area contributed by atoms with E-state index in [1.165, 1.54) is 38.6 Å². The fourth-order valence-corrected chi connectivity index (χ4v) is 2.71. The normalized spacial score (nSPS) is 35.2. The molecule has 2 nitrogen and oxygen atoms in total. The molecule has 13 heavy (non-hydrogen) atoms. The average molecular weight is 181 g/mol. The van der Waals surface area contributed by atoms with Crippen LogP contribution in [0.3, 0.4) is 0 Å². The Bertz CT molecular complexity index is 191. The average Bonchev–Trinajstić information content (AvgIpc) is 2.62. The first-order valence-corrected chi connectivity index (χ1v) is 5.37. The van der Waals surface area contributed by atoms with Gasteiger partial charge >= 0.3 is 0 Å². The van der Waals surface area contributed by atoms with Gasteiger partial charge in [-0.2, -0.15) is 0 Å². The number of nitrogens with zero attached hydrogens (tertiary/aromatic N) is 1. The summed E-state index contributed by atoms with van der Waals surface area (Å²) >= 11 is 0. The van der Waals surface area contributed by atoms with Gasteiger partial charge in [-0.1, -0.05) is 6.42 Å². The molecule has 0 N–H and O–H groups in total. The van der Waals surface area contributed by atoms with Gasteiger partial charge in [0, 0.05) is 12.1 Å². The smallest absolute Gasteiger partial charge is 0.0800 e. The maximum Gasteiger partial charge on any atom is 0.0800 e. The lowest BCUT2D eigenvalue weighted by atomic mass is 9.97. The number of rotatable bonds is 2. The van der Waals surface area contributed by atoms with E-state index < -0.39 is 0 Å². The Balaban J connectivity index is 1.97. The van der Waals surface area contributed by atoms with Crippen molar-refractivity contribution in [2.75, 3.05) is 13.7 Å². The molecule has 0 amide bonds. The lowest BCUT2D eigenvalue weighted by Crippen LogP contribution is -2.41. The van der Waals surface area contributed by atoms with E-state index in [0.29, 0.717) is 6.04 Å². The summed E-state index contributed by atoms with van der Waals surface area (Å²) in [5, 5.41) is 0. The van der Waals surface area contributed by atoms with Gasteiger partial charge in [0.05, 0.1) is 13.4 Å². The number of methoxy groups -OCH3 is 1. The highest BCUT2D eigenvalue weighted by molar-refractivity contribution is 4.98. The summed E-state index contributed by atoms with van der Waals surface area (Å²) in [6.45, 7) is 1.30. The van der Waals surface area contributed by atoms with Crippen LogP contribution < -0.4 is 0 Å². The summed E-state index contributed by atoms with van der Waals surface area (Å²) in [7, 11) is 1.72. The summed E-state index contributed by atoms with van der Waals surface area (Å²) in [6, 6.07) is 1.53. The van der Waals surface area contributed by atoms with Crippen molar-refractivity contribution in [1.29, 1.82) is 0 Å². The summed E-state index contributed by atoms with van der Waals surface area (Å²) in [5.41, 5.74) is 0. The summed E-state index contributed by atoms with van der Waals surface area (Å²) < 4.78 is 4.99. The van der Waals surface area contributed by atoms with Gasteiger partial charge in [0.15, 0.2) is 0 Å². The molecule has 0 aliphatic carbocycles. The fourth-order valence-electron chi connectivity index (χ4n) is 2.71. The number of ether oxygens (including phenoxy) is 1. The monoisotopic (exact) mass is 181 g/mol. The zero-order valence-corrected chi connectivity index (χ0v) is 8.41. The summed E-state index contributed by atoms with van der Waals surface area (Å²) in [6.07, 6.45) is 11.0. The Morgan fingerprint density at radius 1 is 1.23 bits per heavy atom. The molecule has 0 saturated carbocycles. The molecule has 0 unspecified atom stereocenters. The van der Waals surface area contributed by atoms with Gasteiger partial charge in [-0.25, -0.2) is 0 Å². The van der Waals surface area contributed by atoms with Crippen LogP contribution in [0.5, 0.6) is 0 Å². The van der Waals surface area contributed by atoms with Crippen LogP contribution in [0.15, 0.2) is 12.3 Å². The highest BCUT2D eigenvalue weighted by Crippen LogP contribution is 2.31. The van der Waals surface area contributed by atoms with E-state index in [2.05, 4.69) is 11.0 Å². The highest BCUT2D eigenvalue weighted by atomic mass is 16.5. The Kier molecular flexibility index (Phi) is 2.89. The third-order valence-electron chi connectivity index (χ3n) is 3.32. The van der Waals surface area contributed by atoms with Crippen molar-refractivity contribution < 1.29 is 4.74 Å². The molecule has 0 aromatic carbocycles. The Morgan fingerprint density at radius 3 is 2.92 bits per heavy atom. The maximum atomic E-state index is 4.99. The van der Waals surface area contributed by atoms with E-state index in [1.807, 2.05) is 6.26 Å². The molecule has 2 saturated heterocycles. The van der Waals surface area contributed by atoms with Crippen LogP contribution in [0.25, 0.3) is 0 Å². The lowest BCUT2D eigenvalue weighted by molar-refractivity contribution is 0.150. The molecular formula is C11H19NO. The quantitative estimate of drug-likeness (QED) is 0.605. The second-order valence-corrected chi connectivity index (χ2v) is 4.10. The van der Waals surface area contributed by atoms with Gasteiger partial charge in [-0.3, -0.25) is 4.90 Å². The molecule has 2 rings (SSSR count). The van der Waals surface area contributed by atoms with Crippen molar-refractivity contribution in [2.45, 2.75) is 44.2 Å². The predicted molar refractivity (Wildman–Crippen MR) is 53.5 cm³/mol. The number of piperidine rings is 1. The van der Waals surface area contributed by atoms with E-state index >= 15 is 0 Å². The first-order valence-electron chi connectivity index (χ1n) is 5.37. The first kappa shape index (κ1) is 9.07. The van der Waals surface area contributed by atoms with Gasteiger partial charge in [-0.05, 0) is 38.3 Å². The number of fused-ring (bicyclic) bond motifs is 1. The number of hydrogen-bond acceptors (Lipinski definition) is 2. The molecule has 74 valence electrons. The van der Waals surface area contributed by atoms with Crippen molar-refractivity contribution in [3.63, 3.8) is 0 Å². The van der Waals surface area contributed by atoms with E-state index in [1.54, 1.807) is 7.11 Å². The zero-order valence-electron chi connectivity index (χ0n) is 8.41. The Hall–Kier alpha value is -0.500. The van der Waals surface area contributed by atoms with Crippen LogP contribution in [0, 0.1) is 0 Å². The first-order chi connectivity index (χ1) is 6.42. The molecule has 0 aromatic rings. The van der Waals surface area contributed by atoms with Crippen LogP contribution in [-0.2, 0) is 4.74 Å². The Morgan fingerprint density at radius 2 is 2.08 bits per heavy atom. The second kappa shape index (κ2) is 4.14. The largest absolute Gasteiger partial charge is 0.505 e. The van der Waals surface area contributed by atoms with Crippen LogP contribution in [0.1, 0.15) is 32.1 Å².